The van der Waals surface area contributed by atoms with Gasteiger partial charge in [0.05, 0.1) is 13.1 Å². The van der Waals surface area contributed by atoms with Crippen LogP contribution in [-0.4, -0.2) is 32.0 Å². The van der Waals surface area contributed by atoms with E-state index in [1.165, 1.54) is 7.05 Å². The minimum absolute atomic E-state index is 0.0376. The largest absolute Gasteiger partial charge is 0.358 e. The lowest BCUT2D eigenvalue weighted by Gasteiger charge is -2.04. The van der Waals surface area contributed by atoms with E-state index >= 15 is 0 Å². The monoisotopic (exact) mass is 245 g/mol. The Balaban J connectivity index is 2.62. The molecule has 0 heterocycles. The van der Waals surface area contributed by atoms with Gasteiger partial charge in [-0.05, 0) is 24.3 Å². The molecule has 0 bridgehead atoms. The van der Waals surface area contributed by atoms with E-state index in [1.807, 2.05) is 0 Å². The molecule has 1 aromatic rings. The van der Waals surface area contributed by atoms with E-state index in [0.29, 0.717) is 12.1 Å². The predicted molar refractivity (Wildman–Crippen MR) is 68.8 cm³/mol. The van der Waals surface area contributed by atoms with Gasteiger partial charge in [0.25, 0.3) is 5.91 Å². The molecule has 2 amide bonds. The average Bonchev–Trinajstić information content (AvgIpc) is 2.42. The maximum absolute atomic E-state index is 11.6. The SMILES string of the molecule is CNC(=O)CNC(=O)c1ccc(C#CCN)cc1. The molecule has 0 saturated heterocycles. The van der Waals surface area contributed by atoms with Crippen LogP contribution in [0.2, 0.25) is 0 Å². The van der Waals surface area contributed by atoms with E-state index in [2.05, 4.69) is 22.5 Å². The fourth-order valence-corrected chi connectivity index (χ4v) is 1.21. The Morgan fingerprint density at radius 1 is 1.28 bits per heavy atom. The second-order valence-corrected chi connectivity index (χ2v) is 3.44. The number of hydrogen-bond acceptors (Lipinski definition) is 3. The van der Waals surface area contributed by atoms with E-state index in [1.54, 1.807) is 24.3 Å². The lowest BCUT2D eigenvalue weighted by atomic mass is 10.1. The van der Waals surface area contributed by atoms with Crippen molar-refractivity contribution < 1.29 is 9.59 Å². The van der Waals surface area contributed by atoms with Crippen LogP contribution in [0, 0.1) is 11.8 Å². The molecule has 0 spiro atoms. The molecule has 0 aliphatic rings. The lowest BCUT2D eigenvalue weighted by molar-refractivity contribution is -0.119. The summed E-state index contributed by atoms with van der Waals surface area (Å²) in [6, 6.07) is 6.77. The first kappa shape index (κ1) is 13.7. The van der Waals surface area contributed by atoms with Crippen LogP contribution in [0.4, 0.5) is 0 Å². The third-order valence-electron chi connectivity index (χ3n) is 2.17. The molecule has 1 rings (SSSR count). The molecule has 0 fully saturated rings. The lowest BCUT2D eigenvalue weighted by Crippen LogP contribution is -2.35. The maximum Gasteiger partial charge on any atom is 0.251 e. The van der Waals surface area contributed by atoms with Gasteiger partial charge in [0.2, 0.25) is 5.91 Å². The van der Waals surface area contributed by atoms with Crippen LogP contribution in [0.3, 0.4) is 0 Å². The van der Waals surface area contributed by atoms with Crippen LogP contribution >= 0.6 is 0 Å². The van der Waals surface area contributed by atoms with Crippen LogP contribution in [0.15, 0.2) is 24.3 Å². The van der Waals surface area contributed by atoms with Gasteiger partial charge in [-0.2, -0.15) is 0 Å². The van der Waals surface area contributed by atoms with Gasteiger partial charge in [-0.25, -0.2) is 0 Å². The molecule has 0 saturated carbocycles. The van der Waals surface area contributed by atoms with Gasteiger partial charge in [-0.3, -0.25) is 9.59 Å². The fraction of sp³-hybridized carbons (Fsp3) is 0.231. The topological polar surface area (TPSA) is 84.2 Å². The molecule has 0 atom stereocenters. The first-order valence-corrected chi connectivity index (χ1v) is 5.45. The Labute approximate surface area is 106 Å². The summed E-state index contributed by atoms with van der Waals surface area (Å²) in [6.07, 6.45) is 0. The summed E-state index contributed by atoms with van der Waals surface area (Å²) < 4.78 is 0. The molecule has 0 aliphatic carbocycles. The number of nitrogens with two attached hydrogens (primary N) is 1. The van der Waals surface area contributed by atoms with Gasteiger partial charge in [-0.15, -0.1) is 0 Å². The molecule has 4 N–H and O–H groups in total. The number of carbonyl (C=O) groups excluding carboxylic acids is 2. The number of likely N-dealkylation sites (N-methyl/N-ethyl adjacent to an activating group) is 1. The summed E-state index contributed by atoms with van der Waals surface area (Å²) in [7, 11) is 1.51. The molecule has 0 unspecified atom stereocenters. The number of benzene rings is 1. The second-order valence-electron chi connectivity index (χ2n) is 3.44. The first-order chi connectivity index (χ1) is 8.67. The van der Waals surface area contributed by atoms with Crippen LogP contribution in [0.1, 0.15) is 15.9 Å². The molecular formula is C13H15N3O2. The van der Waals surface area contributed by atoms with Gasteiger partial charge < -0.3 is 16.4 Å². The van der Waals surface area contributed by atoms with Crippen LogP contribution in [-0.2, 0) is 4.79 Å². The quantitative estimate of drug-likeness (QED) is 0.626. The summed E-state index contributed by atoms with van der Waals surface area (Å²) >= 11 is 0. The highest BCUT2D eigenvalue weighted by Crippen LogP contribution is 2.02. The first-order valence-electron chi connectivity index (χ1n) is 5.45. The molecule has 5 heteroatoms. The van der Waals surface area contributed by atoms with Crippen LogP contribution in [0.5, 0.6) is 0 Å². The summed E-state index contributed by atoms with van der Waals surface area (Å²) in [4.78, 5) is 22.6. The number of amides is 2. The Hall–Kier alpha value is -2.32. The summed E-state index contributed by atoms with van der Waals surface area (Å²) in [6.45, 7) is 0.262. The smallest absolute Gasteiger partial charge is 0.251 e. The van der Waals surface area contributed by atoms with Gasteiger partial charge in [0, 0.05) is 18.2 Å². The van der Waals surface area contributed by atoms with Crippen molar-refractivity contribution in [3.05, 3.63) is 35.4 Å². The summed E-state index contributed by atoms with van der Waals surface area (Å²) in [5.41, 5.74) is 6.54. The van der Waals surface area contributed by atoms with Crippen LogP contribution in [0.25, 0.3) is 0 Å². The van der Waals surface area contributed by atoms with E-state index < -0.39 is 0 Å². The zero-order chi connectivity index (χ0) is 13.4. The van der Waals surface area contributed by atoms with Crippen molar-refractivity contribution in [2.45, 2.75) is 0 Å². The number of hydrogen-bond donors (Lipinski definition) is 3. The molecule has 0 radical (unpaired) electrons. The van der Waals surface area contributed by atoms with E-state index in [9.17, 15) is 9.59 Å². The van der Waals surface area contributed by atoms with Crippen molar-refractivity contribution in [3.8, 4) is 11.8 Å². The minimum Gasteiger partial charge on any atom is -0.358 e. The average molecular weight is 245 g/mol. The Kier molecular flexibility index (Phi) is 5.42. The number of carbonyl (C=O) groups is 2. The minimum atomic E-state index is -0.295. The highest BCUT2D eigenvalue weighted by Gasteiger charge is 2.06. The van der Waals surface area contributed by atoms with Gasteiger partial charge in [-0.1, -0.05) is 11.8 Å². The fourth-order valence-electron chi connectivity index (χ4n) is 1.21. The third kappa shape index (κ3) is 4.28. The van der Waals surface area contributed by atoms with Crippen molar-refractivity contribution in [3.63, 3.8) is 0 Å². The highest BCUT2D eigenvalue weighted by atomic mass is 16.2. The zero-order valence-electron chi connectivity index (χ0n) is 10.1. The summed E-state index contributed by atoms with van der Waals surface area (Å²) in [5, 5.41) is 4.93. The molecule has 18 heavy (non-hydrogen) atoms. The Morgan fingerprint density at radius 3 is 2.50 bits per heavy atom. The molecule has 0 aromatic heterocycles. The van der Waals surface area contributed by atoms with E-state index in [4.69, 9.17) is 5.73 Å². The molecule has 1 aromatic carbocycles. The third-order valence-corrected chi connectivity index (χ3v) is 2.17. The van der Waals surface area contributed by atoms with E-state index in [-0.39, 0.29) is 18.4 Å². The van der Waals surface area contributed by atoms with Crippen LogP contribution < -0.4 is 16.4 Å². The van der Waals surface area contributed by atoms with Gasteiger partial charge in [0.15, 0.2) is 0 Å². The van der Waals surface area contributed by atoms with E-state index in [0.717, 1.165) is 5.56 Å². The zero-order valence-corrected chi connectivity index (χ0v) is 10.1. The second kappa shape index (κ2) is 7.09. The molecule has 5 nitrogen and oxygen atoms in total. The standard InChI is InChI=1S/C13H15N3O2/c1-15-12(17)9-16-13(18)11-6-4-10(5-7-11)3-2-8-14/h4-7H,8-9,14H2,1H3,(H,15,17)(H,16,18). The molecule has 94 valence electrons. The van der Waals surface area contributed by atoms with Gasteiger partial charge >= 0.3 is 0 Å². The molecule has 0 aliphatic heterocycles. The summed E-state index contributed by atoms with van der Waals surface area (Å²) in [5.74, 6) is 5.05. The van der Waals surface area contributed by atoms with Crippen molar-refractivity contribution in [1.82, 2.24) is 10.6 Å². The molecular weight excluding hydrogens is 230 g/mol. The van der Waals surface area contributed by atoms with Crippen molar-refractivity contribution in [2.75, 3.05) is 20.1 Å². The maximum atomic E-state index is 11.6. The normalized spacial score (nSPS) is 9.00. The van der Waals surface area contributed by atoms with Gasteiger partial charge in [0.1, 0.15) is 0 Å². The Morgan fingerprint density at radius 2 is 1.94 bits per heavy atom. The number of rotatable bonds is 3. The predicted octanol–water partition coefficient (Wildman–Crippen LogP) is -0.527. The highest BCUT2D eigenvalue weighted by molar-refractivity contribution is 5.96. The Bertz CT molecular complexity index is 483. The van der Waals surface area contributed by atoms with Crippen molar-refractivity contribution in [2.24, 2.45) is 5.73 Å². The van der Waals surface area contributed by atoms with Crippen molar-refractivity contribution in [1.29, 1.82) is 0 Å². The number of nitrogens with one attached hydrogen (secondary N) is 2. The van der Waals surface area contributed by atoms with Crippen molar-refractivity contribution >= 4 is 11.8 Å².